The molecule has 0 aromatic rings. The monoisotopic (exact) mass is 300 g/mol. The molecule has 0 radical (unpaired) electrons. The van der Waals surface area contributed by atoms with E-state index in [0.717, 1.165) is 32.1 Å². The van der Waals surface area contributed by atoms with Gasteiger partial charge in [-0.3, -0.25) is 4.79 Å². The standard InChI is InChI=1S/C18H36O3/c1-2-3-14-17(19)15-12-10-8-6-4-5-7-9-11-13-16-18(20)21/h17,19H,2-16H2,1H3,(H,20,21)/t17-/m1/s1. The van der Waals surface area contributed by atoms with Gasteiger partial charge in [0.25, 0.3) is 0 Å². The Morgan fingerprint density at radius 2 is 1.19 bits per heavy atom. The highest BCUT2D eigenvalue weighted by Crippen LogP contribution is 2.14. The second-order valence-electron chi connectivity index (χ2n) is 6.26. The lowest BCUT2D eigenvalue weighted by Crippen LogP contribution is -2.05. The van der Waals surface area contributed by atoms with E-state index in [2.05, 4.69) is 6.92 Å². The first-order chi connectivity index (χ1) is 10.2. The largest absolute Gasteiger partial charge is 0.481 e. The van der Waals surface area contributed by atoms with Gasteiger partial charge in [0.2, 0.25) is 0 Å². The van der Waals surface area contributed by atoms with Crippen LogP contribution in [0.4, 0.5) is 0 Å². The lowest BCUT2D eigenvalue weighted by Gasteiger charge is -2.09. The Morgan fingerprint density at radius 1 is 0.762 bits per heavy atom. The van der Waals surface area contributed by atoms with E-state index in [1.165, 1.54) is 57.8 Å². The van der Waals surface area contributed by atoms with Gasteiger partial charge in [-0.15, -0.1) is 0 Å². The van der Waals surface area contributed by atoms with Crippen molar-refractivity contribution in [2.75, 3.05) is 0 Å². The van der Waals surface area contributed by atoms with Crippen LogP contribution >= 0.6 is 0 Å². The number of aliphatic hydroxyl groups is 1. The van der Waals surface area contributed by atoms with Crippen LogP contribution < -0.4 is 0 Å². The first kappa shape index (κ1) is 20.4. The van der Waals surface area contributed by atoms with Gasteiger partial charge in [0.1, 0.15) is 0 Å². The van der Waals surface area contributed by atoms with Crippen molar-refractivity contribution in [3.8, 4) is 0 Å². The minimum Gasteiger partial charge on any atom is -0.481 e. The molecule has 21 heavy (non-hydrogen) atoms. The number of rotatable bonds is 16. The van der Waals surface area contributed by atoms with Crippen LogP contribution in [-0.2, 0) is 4.79 Å². The number of aliphatic hydroxyl groups excluding tert-OH is 1. The Hall–Kier alpha value is -0.570. The fraction of sp³-hybridized carbons (Fsp3) is 0.944. The summed E-state index contributed by atoms with van der Waals surface area (Å²) in [5.74, 6) is -0.671. The summed E-state index contributed by atoms with van der Waals surface area (Å²) in [6.45, 7) is 2.17. The van der Waals surface area contributed by atoms with E-state index in [9.17, 15) is 9.90 Å². The Bertz CT molecular complexity index is 229. The Labute approximate surface area is 131 Å². The predicted molar refractivity (Wildman–Crippen MR) is 88.6 cm³/mol. The Kier molecular flexibility index (Phi) is 15.4. The van der Waals surface area contributed by atoms with Gasteiger partial charge in [-0.1, -0.05) is 77.6 Å². The quantitative estimate of drug-likeness (QED) is 0.380. The number of hydrogen-bond donors (Lipinski definition) is 2. The topological polar surface area (TPSA) is 57.5 Å². The molecule has 126 valence electrons. The molecule has 0 spiro atoms. The average Bonchev–Trinajstić information content (AvgIpc) is 2.45. The van der Waals surface area contributed by atoms with Crippen LogP contribution in [0.3, 0.4) is 0 Å². The van der Waals surface area contributed by atoms with Gasteiger partial charge in [-0.2, -0.15) is 0 Å². The van der Waals surface area contributed by atoms with Gasteiger partial charge in [0.05, 0.1) is 6.10 Å². The highest BCUT2D eigenvalue weighted by atomic mass is 16.4. The summed E-state index contributed by atoms with van der Waals surface area (Å²) in [6.07, 6.45) is 16.4. The van der Waals surface area contributed by atoms with Gasteiger partial charge in [0.15, 0.2) is 0 Å². The average molecular weight is 300 g/mol. The molecule has 0 fully saturated rings. The van der Waals surface area contributed by atoms with Crippen molar-refractivity contribution in [1.82, 2.24) is 0 Å². The number of carboxylic acid groups (broad SMARTS) is 1. The summed E-state index contributed by atoms with van der Waals surface area (Å²) in [5, 5.41) is 18.2. The van der Waals surface area contributed by atoms with Crippen LogP contribution in [0.5, 0.6) is 0 Å². The lowest BCUT2D eigenvalue weighted by molar-refractivity contribution is -0.137. The van der Waals surface area contributed by atoms with Crippen LogP contribution in [0, 0.1) is 0 Å². The van der Waals surface area contributed by atoms with Crippen molar-refractivity contribution in [1.29, 1.82) is 0 Å². The second kappa shape index (κ2) is 15.8. The maximum absolute atomic E-state index is 10.3. The fourth-order valence-corrected chi connectivity index (χ4v) is 2.65. The van der Waals surface area contributed by atoms with E-state index < -0.39 is 5.97 Å². The normalized spacial score (nSPS) is 12.5. The highest BCUT2D eigenvalue weighted by molar-refractivity contribution is 5.66. The summed E-state index contributed by atoms with van der Waals surface area (Å²) in [5.41, 5.74) is 0. The fourth-order valence-electron chi connectivity index (χ4n) is 2.65. The number of carbonyl (C=O) groups is 1. The first-order valence-corrected chi connectivity index (χ1v) is 9.06. The minimum atomic E-state index is -0.671. The van der Waals surface area contributed by atoms with Crippen LogP contribution in [0.1, 0.15) is 103 Å². The zero-order valence-electron chi connectivity index (χ0n) is 14.0. The molecule has 0 aliphatic rings. The van der Waals surface area contributed by atoms with E-state index in [1.807, 2.05) is 0 Å². The molecule has 0 saturated carbocycles. The summed E-state index contributed by atoms with van der Waals surface area (Å²) in [6, 6.07) is 0. The highest BCUT2D eigenvalue weighted by Gasteiger charge is 2.02. The van der Waals surface area contributed by atoms with E-state index in [-0.39, 0.29) is 6.10 Å². The number of hydrogen-bond acceptors (Lipinski definition) is 2. The molecule has 2 N–H and O–H groups in total. The van der Waals surface area contributed by atoms with E-state index >= 15 is 0 Å². The third-order valence-corrected chi connectivity index (χ3v) is 4.07. The van der Waals surface area contributed by atoms with Gasteiger partial charge in [-0.05, 0) is 19.3 Å². The first-order valence-electron chi connectivity index (χ1n) is 9.06. The van der Waals surface area contributed by atoms with E-state index in [4.69, 9.17) is 5.11 Å². The molecule has 3 nitrogen and oxygen atoms in total. The Balaban J connectivity index is 3.07. The van der Waals surface area contributed by atoms with Gasteiger partial charge in [-0.25, -0.2) is 0 Å². The Morgan fingerprint density at radius 3 is 1.67 bits per heavy atom. The zero-order chi connectivity index (χ0) is 15.8. The molecule has 0 aromatic carbocycles. The molecule has 0 amide bonds. The number of aliphatic carboxylic acids is 1. The molecule has 0 bridgehead atoms. The number of carboxylic acids is 1. The molecule has 0 unspecified atom stereocenters. The lowest BCUT2D eigenvalue weighted by atomic mass is 10.0. The third kappa shape index (κ3) is 17.4. The van der Waals surface area contributed by atoms with E-state index in [0.29, 0.717) is 6.42 Å². The van der Waals surface area contributed by atoms with Crippen molar-refractivity contribution in [3.63, 3.8) is 0 Å². The summed E-state index contributed by atoms with van der Waals surface area (Å²) < 4.78 is 0. The van der Waals surface area contributed by atoms with Crippen LogP contribution in [0.15, 0.2) is 0 Å². The maximum atomic E-state index is 10.3. The van der Waals surface area contributed by atoms with Crippen LogP contribution in [0.2, 0.25) is 0 Å². The maximum Gasteiger partial charge on any atom is 0.303 e. The molecular formula is C18H36O3. The van der Waals surface area contributed by atoms with Gasteiger partial charge < -0.3 is 10.2 Å². The van der Waals surface area contributed by atoms with Crippen molar-refractivity contribution in [2.45, 2.75) is 109 Å². The summed E-state index contributed by atoms with van der Waals surface area (Å²) >= 11 is 0. The molecule has 0 saturated heterocycles. The zero-order valence-corrected chi connectivity index (χ0v) is 14.0. The minimum absolute atomic E-state index is 0.0734. The van der Waals surface area contributed by atoms with Gasteiger partial charge in [0, 0.05) is 6.42 Å². The van der Waals surface area contributed by atoms with Crippen LogP contribution in [0.25, 0.3) is 0 Å². The van der Waals surface area contributed by atoms with Crippen molar-refractivity contribution < 1.29 is 15.0 Å². The van der Waals surface area contributed by atoms with Crippen molar-refractivity contribution in [3.05, 3.63) is 0 Å². The smallest absolute Gasteiger partial charge is 0.303 e. The van der Waals surface area contributed by atoms with Crippen LogP contribution in [-0.4, -0.2) is 22.3 Å². The molecule has 0 aliphatic heterocycles. The summed E-state index contributed by atoms with van der Waals surface area (Å²) in [4.78, 5) is 10.3. The third-order valence-electron chi connectivity index (χ3n) is 4.07. The molecular weight excluding hydrogens is 264 g/mol. The molecule has 0 heterocycles. The predicted octanol–water partition coefficient (Wildman–Crippen LogP) is 5.30. The summed E-state index contributed by atoms with van der Waals surface area (Å²) in [7, 11) is 0. The molecule has 1 atom stereocenters. The second-order valence-corrected chi connectivity index (χ2v) is 6.26. The van der Waals surface area contributed by atoms with E-state index in [1.54, 1.807) is 0 Å². The van der Waals surface area contributed by atoms with Crippen molar-refractivity contribution >= 4 is 5.97 Å². The van der Waals surface area contributed by atoms with Crippen molar-refractivity contribution in [2.24, 2.45) is 0 Å². The van der Waals surface area contributed by atoms with Gasteiger partial charge >= 0.3 is 5.97 Å². The SMILES string of the molecule is CCCC[C@@H](O)CCCCCCCCCCCCC(=O)O. The molecule has 0 aliphatic carbocycles. The molecule has 3 heteroatoms. The molecule has 0 rings (SSSR count). The number of unbranched alkanes of at least 4 members (excludes halogenated alkanes) is 10. The molecule has 0 aromatic heterocycles.